The van der Waals surface area contributed by atoms with Crippen LogP contribution in [0.4, 0.5) is 0 Å². The lowest BCUT2D eigenvalue weighted by Gasteiger charge is -2.28. The molecule has 1 saturated heterocycles. The van der Waals surface area contributed by atoms with E-state index in [1.165, 1.54) is 0 Å². The highest BCUT2D eigenvalue weighted by molar-refractivity contribution is 7.91. The quantitative estimate of drug-likeness (QED) is 0.743. The largest absolute Gasteiger partial charge is 0.491 e. The Morgan fingerprint density at radius 2 is 1.86 bits per heavy atom. The molecule has 7 heteroatoms. The van der Waals surface area contributed by atoms with Crippen molar-refractivity contribution in [3.05, 3.63) is 29.8 Å². The number of hydrogen-bond acceptors (Lipinski definition) is 6. The molecule has 0 aromatic heterocycles. The lowest BCUT2D eigenvalue weighted by atomic mass is 10.2. The van der Waals surface area contributed by atoms with Gasteiger partial charge in [0.2, 0.25) is 0 Å². The van der Waals surface area contributed by atoms with Crippen LogP contribution >= 0.6 is 0 Å². The zero-order valence-electron chi connectivity index (χ0n) is 11.9. The zero-order valence-corrected chi connectivity index (χ0v) is 12.8. The summed E-state index contributed by atoms with van der Waals surface area (Å²) in [5.74, 6) is 1.02. The van der Waals surface area contributed by atoms with E-state index in [-0.39, 0.29) is 18.1 Å². The van der Waals surface area contributed by atoms with Gasteiger partial charge >= 0.3 is 0 Å². The molecule has 1 unspecified atom stereocenters. The predicted molar refractivity (Wildman–Crippen MR) is 80.9 cm³/mol. The third-order valence-corrected chi connectivity index (χ3v) is 5.12. The first-order valence-electron chi connectivity index (χ1n) is 7.01. The molecule has 2 rings (SSSR count). The molecule has 0 radical (unpaired) electrons. The smallest absolute Gasteiger partial charge is 0.152 e. The minimum absolute atomic E-state index is 0.168. The van der Waals surface area contributed by atoms with E-state index in [1.807, 2.05) is 29.2 Å². The van der Waals surface area contributed by atoms with E-state index in [9.17, 15) is 13.5 Å². The Bertz CT molecular complexity index is 531. The Labute approximate surface area is 125 Å². The van der Waals surface area contributed by atoms with Crippen LogP contribution in [0.1, 0.15) is 5.56 Å². The first-order chi connectivity index (χ1) is 9.98. The van der Waals surface area contributed by atoms with E-state index in [2.05, 4.69) is 0 Å². The second-order valence-electron chi connectivity index (χ2n) is 5.27. The summed E-state index contributed by atoms with van der Waals surface area (Å²) < 4.78 is 28.2. The Morgan fingerprint density at radius 1 is 1.24 bits per heavy atom. The predicted octanol–water partition coefficient (Wildman–Crippen LogP) is -0.385. The molecule has 3 N–H and O–H groups in total. The van der Waals surface area contributed by atoms with Gasteiger partial charge in [-0.25, -0.2) is 8.42 Å². The van der Waals surface area contributed by atoms with Crippen LogP contribution < -0.4 is 10.5 Å². The second kappa shape index (κ2) is 7.22. The zero-order chi connectivity index (χ0) is 15.3. The Morgan fingerprint density at radius 3 is 2.43 bits per heavy atom. The fourth-order valence-electron chi connectivity index (χ4n) is 2.20. The molecule has 21 heavy (non-hydrogen) atoms. The van der Waals surface area contributed by atoms with E-state index in [0.717, 1.165) is 5.56 Å². The molecule has 1 fully saturated rings. The molecule has 1 aliphatic rings. The first-order valence-corrected chi connectivity index (χ1v) is 8.83. The molecule has 0 bridgehead atoms. The fourth-order valence-corrected chi connectivity index (χ4v) is 3.47. The van der Waals surface area contributed by atoms with Gasteiger partial charge in [-0.3, -0.25) is 4.90 Å². The van der Waals surface area contributed by atoms with Gasteiger partial charge in [0.25, 0.3) is 0 Å². The highest BCUT2D eigenvalue weighted by Crippen LogP contribution is 2.12. The number of nitrogens with two attached hydrogens (primary N) is 1. The molecule has 0 amide bonds. The molecule has 6 nitrogen and oxygen atoms in total. The summed E-state index contributed by atoms with van der Waals surface area (Å²) in [6, 6.07) is 7.42. The number of benzene rings is 1. The standard InChI is InChI=1S/C14H22N2O4S/c15-9-12-1-3-14(4-2-12)20-11-13(17)10-16-5-7-21(18,19)8-6-16/h1-4,13,17H,5-11,15H2. The Hall–Kier alpha value is -1.15. The van der Waals surface area contributed by atoms with Gasteiger partial charge in [0.15, 0.2) is 9.84 Å². The van der Waals surface area contributed by atoms with Crippen molar-refractivity contribution in [1.82, 2.24) is 4.90 Å². The van der Waals surface area contributed by atoms with Gasteiger partial charge in [-0.05, 0) is 17.7 Å². The molecular formula is C14H22N2O4S. The molecule has 0 aliphatic carbocycles. The maximum atomic E-state index is 11.3. The highest BCUT2D eigenvalue weighted by atomic mass is 32.2. The van der Waals surface area contributed by atoms with Crippen LogP contribution in [0.3, 0.4) is 0 Å². The number of β-amino-alcohol motifs (C(OH)–C–C–N with tert-alkyl or cyclic N) is 1. The number of hydrogen-bond donors (Lipinski definition) is 2. The third kappa shape index (κ3) is 5.28. The summed E-state index contributed by atoms with van der Waals surface area (Å²) in [7, 11) is -2.88. The lowest BCUT2D eigenvalue weighted by molar-refractivity contribution is 0.0710. The molecule has 118 valence electrons. The van der Waals surface area contributed by atoms with Crippen LogP contribution in [0.2, 0.25) is 0 Å². The highest BCUT2D eigenvalue weighted by Gasteiger charge is 2.23. The molecule has 1 heterocycles. The minimum Gasteiger partial charge on any atom is -0.491 e. The number of aliphatic hydroxyl groups is 1. The monoisotopic (exact) mass is 314 g/mol. The maximum absolute atomic E-state index is 11.3. The van der Waals surface area contributed by atoms with E-state index >= 15 is 0 Å². The normalized spacial score (nSPS) is 20.1. The minimum atomic E-state index is -2.88. The topological polar surface area (TPSA) is 92.9 Å². The molecule has 0 spiro atoms. The van der Waals surface area contributed by atoms with Crippen molar-refractivity contribution in [3.63, 3.8) is 0 Å². The summed E-state index contributed by atoms with van der Waals surface area (Å²) in [5.41, 5.74) is 6.54. The number of nitrogens with zero attached hydrogens (tertiary/aromatic N) is 1. The van der Waals surface area contributed by atoms with Gasteiger partial charge in [-0.2, -0.15) is 0 Å². The number of rotatable bonds is 6. The van der Waals surface area contributed by atoms with Crippen molar-refractivity contribution in [2.24, 2.45) is 5.73 Å². The van der Waals surface area contributed by atoms with Crippen LogP contribution in [0.25, 0.3) is 0 Å². The van der Waals surface area contributed by atoms with Crippen molar-refractivity contribution in [2.45, 2.75) is 12.6 Å². The third-order valence-electron chi connectivity index (χ3n) is 3.51. The second-order valence-corrected chi connectivity index (χ2v) is 7.57. The van der Waals surface area contributed by atoms with Gasteiger partial charge in [-0.15, -0.1) is 0 Å². The van der Waals surface area contributed by atoms with E-state index < -0.39 is 15.9 Å². The van der Waals surface area contributed by atoms with Gasteiger partial charge in [0.05, 0.1) is 11.5 Å². The van der Waals surface area contributed by atoms with Gasteiger partial charge in [0.1, 0.15) is 18.5 Å². The summed E-state index contributed by atoms with van der Waals surface area (Å²) >= 11 is 0. The molecule has 1 atom stereocenters. The van der Waals surface area contributed by atoms with E-state index in [4.69, 9.17) is 10.5 Å². The average molecular weight is 314 g/mol. The number of ether oxygens (including phenoxy) is 1. The summed E-state index contributed by atoms with van der Waals surface area (Å²) in [5, 5.41) is 9.96. The van der Waals surface area contributed by atoms with Crippen molar-refractivity contribution >= 4 is 9.84 Å². The van der Waals surface area contributed by atoms with E-state index in [1.54, 1.807) is 0 Å². The van der Waals surface area contributed by atoms with Crippen molar-refractivity contribution in [2.75, 3.05) is 37.7 Å². The van der Waals surface area contributed by atoms with Crippen LogP contribution in [0, 0.1) is 0 Å². The first kappa shape index (κ1) is 16.2. The van der Waals surface area contributed by atoms with Crippen LogP contribution in [0.15, 0.2) is 24.3 Å². The molecular weight excluding hydrogens is 292 g/mol. The molecule has 1 aromatic carbocycles. The number of sulfone groups is 1. The van der Waals surface area contributed by atoms with Gasteiger partial charge in [-0.1, -0.05) is 12.1 Å². The van der Waals surface area contributed by atoms with Crippen LogP contribution in [-0.4, -0.2) is 62.3 Å². The lowest BCUT2D eigenvalue weighted by Crippen LogP contribution is -2.44. The molecule has 1 aliphatic heterocycles. The van der Waals surface area contributed by atoms with Gasteiger partial charge in [0, 0.05) is 26.2 Å². The van der Waals surface area contributed by atoms with Crippen LogP contribution in [0.5, 0.6) is 5.75 Å². The van der Waals surface area contributed by atoms with Crippen LogP contribution in [-0.2, 0) is 16.4 Å². The molecule has 0 saturated carbocycles. The number of aliphatic hydroxyl groups excluding tert-OH is 1. The molecule has 1 aromatic rings. The van der Waals surface area contributed by atoms with Crippen molar-refractivity contribution < 1.29 is 18.3 Å². The fraction of sp³-hybridized carbons (Fsp3) is 0.571. The van der Waals surface area contributed by atoms with Gasteiger partial charge < -0.3 is 15.6 Å². The van der Waals surface area contributed by atoms with E-state index in [0.29, 0.717) is 31.9 Å². The van der Waals surface area contributed by atoms with Crippen molar-refractivity contribution in [3.8, 4) is 5.75 Å². The van der Waals surface area contributed by atoms with Crippen molar-refractivity contribution in [1.29, 1.82) is 0 Å². The Kier molecular flexibility index (Phi) is 5.58. The summed E-state index contributed by atoms with van der Waals surface area (Å²) in [4.78, 5) is 1.95. The average Bonchev–Trinajstić information content (AvgIpc) is 2.48. The summed E-state index contributed by atoms with van der Waals surface area (Å²) in [6.07, 6.45) is -0.639. The summed E-state index contributed by atoms with van der Waals surface area (Å²) in [6.45, 7) is 2.05. The SMILES string of the molecule is NCc1ccc(OCC(O)CN2CCS(=O)(=O)CC2)cc1. The Balaban J connectivity index is 1.73. The maximum Gasteiger partial charge on any atom is 0.152 e.